The maximum Gasteiger partial charge on any atom is 2.00 e. The van der Waals surface area contributed by atoms with E-state index in [1.165, 1.54) is 43.3 Å². The molecule has 0 fully saturated rings. The van der Waals surface area contributed by atoms with E-state index in [1.807, 2.05) is 0 Å². The van der Waals surface area contributed by atoms with Crippen LogP contribution in [0.15, 0.2) is 48.5 Å². The van der Waals surface area contributed by atoms with Gasteiger partial charge in [-0.25, -0.2) is 8.78 Å². The molecule has 0 saturated carbocycles. The molecule has 0 N–H and O–H groups in total. The largest absolute Gasteiger partial charge is 2.00 e. The van der Waals surface area contributed by atoms with Crippen molar-refractivity contribution in [2.45, 2.75) is 25.4 Å². The van der Waals surface area contributed by atoms with Gasteiger partial charge in [0.2, 0.25) is 0 Å². The third kappa shape index (κ3) is 5.00. The molecule has 0 bridgehead atoms. The van der Waals surface area contributed by atoms with Gasteiger partial charge in [0.15, 0.2) is 0 Å². The molecule has 11 heteroatoms. The Morgan fingerprint density at radius 3 is 2.27 bits per heavy atom. The Hall–Kier alpha value is -3.00. The van der Waals surface area contributed by atoms with Crippen LogP contribution in [0.2, 0.25) is 0 Å². The fourth-order valence-electron chi connectivity index (χ4n) is 2.90. The summed E-state index contributed by atoms with van der Waals surface area (Å²) in [5.41, 5.74) is -3.49. The zero-order valence-electron chi connectivity index (χ0n) is 19.6. The molecule has 1 atom stereocenters. The summed E-state index contributed by atoms with van der Waals surface area (Å²) in [5.74, 6) is -2.37. The summed E-state index contributed by atoms with van der Waals surface area (Å²) in [4.78, 5) is 11.6. The van der Waals surface area contributed by atoms with Gasteiger partial charge in [-0.15, -0.1) is 12.1 Å². The van der Waals surface area contributed by atoms with Crippen LogP contribution in [0.5, 0.6) is 0 Å². The molecule has 5 nitrogen and oxygen atoms in total. The number of aromatic nitrogens is 5. The number of hydrogen-bond donors (Lipinski definition) is 0. The van der Waals surface area contributed by atoms with Crippen LogP contribution in [-0.4, -0.2) is 24.7 Å². The number of rotatable bonds is 4. The first-order valence-corrected chi connectivity index (χ1v) is 9.05. The van der Waals surface area contributed by atoms with E-state index >= 15 is 0 Å². The van der Waals surface area contributed by atoms with Gasteiger partial charge in [-0.05, 0) is 31.6 Å². The SMILES string of the molecule is [2H]C([2H])([2H])C(C)(c1cccc(-c2[c-]cc(F)nc2F)n1)c1cccc(-n2[c-]cc(C(F)(F)F)n2)n1.[Pt+2]. The van der Waals surface area contributed by atoms with Crippen LogP contribution in [0, 0.1) is 24.2 Å². The summed E-state index contributed by atoms with van der Waals surface area (Å²) < 4.78 is 91.6. The topological polar surface area (TPSA) is 56.5 Å². The molecule has 0 aliphatic heterocycles. The molecule has 33 heavy (non-hydrogen) atoms. The fourth-order valence-corrected chi connectivity index (χ4v) is 2.90. The van der Waals surface area contributed by atoms with Crippen LogP contribution < -0.4 is 0 Å². The minimum absolute atomic E-state index is 0. The Balaban J connectivity index is 0.00000361. The third-order valence-electron chi connectivity index (χ3n) is 4.55. The first-order chi connectivity index (χ1) is 16.3. The average Bonchev–Trinajstić information content (AvgIpc) is 3.29. The Kier molecular flexibility index (Phi) is 5.67. The molecule has 172 valence electrons. The van der Waals surface area contributed by atoms with Gasteiger partial charge in [0.25, 0.3) is 0 Å². The van der Waals surface area contributed by atoms with Crippen LogP contribution in [0.1, 0.15) is 35.0 Å². The van der Waals surface area contributed by atoms with Gasteiger partial charge in [-0.2, -0.15) is 13.2 Å². The second-order valence-electron chi connectivity index (χ2n) is 6.87. The Morgan fingerprint density at radius 1 is 0.939 bits per heavy atom. The molecule has 0 spiro atoms. The quantitative estimate of drug-likeness (QED) is 0.180. The zero-order valence-corrected chi connectivity index (χ0v) is 18.8. The van der Waals surface area contributed by atoms with Crippen LogP contribution in [0.3, 0.4) is 0 Å². The standard InChI is InChI=1S/C22H14F5N5.Pt/c1-21(2,15-6-3-5-14(28-15)13-9-10-18(23)30-20(13)24)16-7-4-8-19(29-16)32-12-11-17(31-32)22(25,26)27;/h3-8,10-11H,1-2H3;/q-2;+2/i1D3;. The van der Waals surface area contributed by atoms with E-state index in [1.54, 1.807) is 0 Å². The smallest absolute Gasteiger partial charge is 0.343 e. The van der Waals surface area contributed by atoms with Gasteiger partial charge in [0.1, 0.15) is 11.9 Å². The van der Waals surface area contributed by atoms with E-state index in [-0.39, 0.29) is 49.5 Å². The number of halogens is 5. The first kappa shape index (κ1) is 20.6. The van der Waals surface area contributed by atoms with Gasteiger partial charge in [-0.1, -0.05) is 42.1 Å². The van der Waals surface area contributed by atoms with Crippen molar-refractivity contribution in [2.75, 3.05) is 0 Å². The number of pyridine rings is 3. The first-order valence-electron chi connectivity index (χ1n) is 10.6. The van der Waals surface area contributed by atoms with E-state index in [0.717, 1.165) is 10.7 Å². The molecule has 0 aliphatic carbocycles. The number of hydrogen-bond acceptors (Lipinski definition) is 4. The molecule has 4 rings (SSSR count). The Bertz CT molecular complexity index is 1390. The van der Waals surface area contributed by atoms with Crippen molar-refractivity contribution < 1.29 is 47.1 Å². The van der Waals surface area contributed by atoms with E-state index in [9.17, 15) is 22.0 Å². The maximum absolute atomic E-state index is 14.2. The molecule has 0 radical (unpaired) electrons. The third-order valence-corrected chi connectivity index (χ3v) is 4.55. The fraction of sp³-hybridized carbons (Fsp3) is 0.182. The summed E-state index contributed by atoms with van der Waals surface area (Å²) in [6, 6.07) is 12.2. The zero-order chi connectivity index (χ0) is 25.6. The van der Waals surface area contributed by atoms with Gasteiger partial charge < -0.3 is 9.67 Å². The summed E-state index contributed by atoms with van der Waals surface area (Å²) in [7, 11) is 0. The Morgan fingerprint density at radius 2 is 1.64 bits per heavy atom. The van der Waals surface area contributed by atoms with E-state index in [4.69, 9.17) is 4.11 Å². The molecule has 0 aliphatic rings. The molecular weight excluding hydrogens is 624 g/mol. The molecule has 4 aromatic rings. The van der Waals surface area contributed by atoms with Gasteiger partial charge in [0.05, 0.1) is 11.5 Å². The Labute approximate surface area is 204 Å². The van der Waals surface area contributed by atoms with Crippen molar-refractivity contribution in [3.63, 3.8) is 0 Å². The van der Waals surface area contributed by atoms with Gasteiger partial charge in [-0.3, -0.25) is 15.1 Å². The monoisotopic (exact) mass is 641 g/mol. The minimum atomic E-state index is -4.70. The van der Waals surface area contributed by atoms with Gasteiger partial charge in [0, 0.05) is 20.9 Å². The minimum Gasteiger partial charge on any atom is -0.343 e. The van der Waals surface area contributed by atoms with Crippen molar-refractivity contribution in [3.8, 4) is 17.1 Å². The predicted molar refractivity (Wildman–Crippen MR) is 104 cm³/mol. The molecule has 0 amide bonds. The average molecular weight is 641 g/mol. The van der Waals surface area contributed by atoms with Crippen molar-refractivity contribution in [1.29, 1.82) is 0 Å². The molecule has 4 aromatic heterocycles. The van der Waals surface area contributed by atoms with E-state index in [2.05, 4.69) is 32.3 Å². The van der Waals surface area contributed by atoms with Crippen molar-refractivity contribution >= 4 is 0 Å². The summed E-state index contributed by atoms with van der Waals surface area (Å²) in [6.45, 7) is -1.42. The van der Waals surface area contributed by atoms with Crippen LogP contribution in [0.25, 0.3) is 17.1 Å². The molecule has 0 saturated heterocycles. The summed E-state index contributed by atoms with van der Waals surface area (Å²) in [5, 5.41) is 3.41. The van der Waals surface area contributed by atoms with E-state index in [0.29, 0.717) is 6.07 Å². The summed E-state index contributed by atoms with van der Waals surface area (Å²) in [6.07, 6.45) is -2.39. The molecule has 1 unspecified atom stereocenters. The molecule has 0 aromatic carbocycles. The van der Waals surface area contributed by atoms with Crippen LogP contribution in [-0.2, 0) is 32.7 Å². The van der Waals surface area contributed by atoms with Crippen molar-refractivity contribution in [1.82, 2.24) is 24.7 Å². The molecular formula is C22H14F5N5Pt. The second kappa shape index (κ2) is 9.09. The normalized spacial score (nSPS) is 15.0. The summed E-state index contributed by atoms with van der Waals surface area (Å²) >= 11 is 0. The maximum atomic E-state index is 14.2. The van der Waals surface area contributed by atoms with Crippen LogP contribution >= 0.6 is 0 Å². The predicted octanol–water partition coefficient (Wildman–Crippen LogP) is 4.95. The molecule has 4 heterocycles. The van der Waals surface area contributed by atoms with Crippen molar-refractivity contribution in [3.05, 3.63) is 89.8 Å². The van der Waals surface area contributed by atoms with E-state index < -0.39 is 36.0 Å². The van der Waals surface area contributed by atoms with Crippen LogP contribution in [0.4, 0.5) is 22.0 Å². The number of nitrogens with zero attached hydrogens (tertiary/aromatic N) is 5. The second-order valence-corrected chi connectivity index (χ2v) is 6.87. The van der Waals surface area contributed by atoms with Gasteiger partial charge >= 0.3 is 27.2 Å². The number of alkyl halides is 3. The van der Waals surface area contributed by atoms with Crippen molar-refractivity contribution in [2.24, 2.45) is 0 Å².